The van der Waals surface area contributed by atoms with Gasteiger partial charge in [0.1, 0.15) is 5.70 Å². The molecular formula is C25H29N3O4. The number of amides is 2. The van der Waals surface area contributed by atoms with Crippen LogP contribution in [0.1, 0.15) is 51.0 Å². The molecule has 7 heteroatoms. The van der Waals surface area contributed by atoms with Gasteiger partial charge >= 0.3 is 0 Å². The van der Waals surface area contributed by atoms with Crippen molar-refractivity contribution in [3.63, 3.8) is 0 Å². The number of anilines is 1. The molecular weight excluding hydrogens is 406 g/mol. The molecule has 1 heterocycles. The van der Waals surface area contributed by atoms with E-state index in [1.807, 2.05) is 30.3 Å². The van der Waals surface area contributed by atoms with Crippen molar-refractivity contribution in [3.05, 3.63) is 76.0 Å². The Morgan fingerprint density at radius 2 is 1.50 bits per heavy atom. The first kappa shape index (κ1) is 23.2. The summed E-state index contributed by atoms with van der Waals surface area (Å²) in [6, 6.07) is 15.1. The first-order valence-corrected chi connectivity index (χ1v) is 11.1. The summed E-state index contributed by atoms with van der Waals surface area (Å²) in [5.41, 5.74) is 1.79. The molecule has 0 radical (unpaired) electrons. The van der Waals surface area contributed by atoms with E-state index in [1.54, 1.807) is 11.9 Å². The van der Waals surface area contributed by atoms with E-state index in [0.29, 0.717) is 17.8 Å². The maximum absolute atomic E-state index is 13.4. The zero-order valence-electron chi connectivity index (χ0n) is 18.6. The highest BCUT2D eigenvalue weighted by atomic mass is 16.6. The number of nitro benzene ring substituents is 1. The van der Waals surface area contributed by atoms with Gasteiger partial charge in [-0.25, -0.2) is 0 Å². The van der Waals surface area contributed by atoms with Crippen molar-refractivity contribution >= 4 is 28.8 Å². The van der Waals surface area contributed by atoms with E-state index >= 15 is 0 Å². The Morgan fingerprint density at radius 3 is 2.12 bits per heavy atom. The fourth-order valence-corrected chi connectivity index (χ4v) is 3.92. The van der Waals surface area contributed by atoms with Crippen LogP contribution >= 0.6 is 0 Å². The van der Waals surface area contributed by atoms with Gasteiger partial charge in [0, 0.05) is 31.4 Å². The minimum Gasteiger partial charge on any atom is -0.339 e. The van der Waals surface area contributed by atoms with Gasteiger partial charge in [0.25, 0.3) is 17.5 Å². The molecule has 1 aliphatic rings. The highest BCUT2D eigenvalue weighted by Crippen LogP contribution is 2.34. The SMILES string of the molecule is CCCCCCCCN1C(=O)C(c2ccc([N+](=O)[O-])cc2)=C(N(C)c2ccccc2)C1=O. The van der Waals surface area contributed by atoms with Gasteiger partial charge < -0.3 is 4.90 Å². The van der Waals surface area contributed by atoms with Crippen molar-refractivity contribution in [1.82, 2.24) is 4.90 Å². The van der Waals surface area contributed by atoms with E-state index in [9.17, 15) is 19.7 Å². The molecule has 2 amide bonds. The monoisotopic (exact) mass is 435 g/mol. The minimum atomic E-state index is -0.484. The van der Waals surface area contributed by atoms with Crippen LogP contribution in [-0.4, -0.2) is 35.2 Å². The maximum Gasteiger partial charge on any atom is 0.278 e. The van der Waals surface area contributed by atoms with E-state index in [0.717, 1.165) is 31.4 Å². The number of rotatable bonds is 11. The van der Waals surface area contributed by atoms with Crippen molar-refractivity contribution in [2.45, 2.75) is 45.4 Å². The lowest BCUT2D eigenvalue weighted by Gasteiger charge is -2.21. The molecule has 0 aromatic heterocycles. The van der Waals surface area contributed by atoms with Crippen molar-refractivity contribution in [2.75, 3.05) is 18.5 Å². The molecule has 1 aliphatic heterocycles. The second-order valence-corrected chi connectivity index (χ2v) is 7.95. The Kier molecular flexibility index (Phi) is 7.76. The molecule has 168 valence electrons. The fraction of sp³-hybridized carbons (Fsp3) is 0.360. The smallest absolute Gasteiger partial charge is 0.278 e. The van der Waals surface area contributed by atoms with Gasteiger partial charge in [-0.1, -0.05) is 57.2 Å². The van der Waals surface area contributed by atoms with E-state index in [1.165, 1.54) is 42.0 Å². The van der Waals surface area contributed by atoms with Gasteiger partial charge in [0.2, 0.25) is 0 Å². The van der Waals surface area contributed by atoms with E-state index in [4.69, 9.17) is 0 Å². The molecule has 0 spiro atoms. The number of hydrogen-bond donors (Lipinski definition) is 0. The van der Waals surface area contributed by atoms with Gasteiger partial charge in [0.05, 0.1) is 10.5 Å². The number of hydrogen-bond acceptors (Lipinski definition) is 5. The van der Waals surface area contributed by atoms with Gasteiger partial charge in [-0.05, 0) is 36.2 Å². The van der Waals surface area contributed by atoms with Crippen LogP contribution in [-0.2, 0) is 9.59 Å². The summed E-state index contributed by atoms with van der Waals surface area (Å²) in [6.07, 6.45) is 6.33. The fourth-order valence-electron chi connectivity index (χ4n) is 3.92. The van der Waals surface area contributed by atoms with Gasteiger partial charge in [-0.15, -0.1) is 0 Å². The van der Waals surface area contributed by atoms with Crippen molar-refractivity contribution in [3.8, 4) is 0 Å². The lowest BCUT2D eigenvalue weighted by molar-refractivity contribution is -0.384. The summed E-state index contributed by atoms with van der Waals surface area (Å²) in [4.78, 5) is 40.3. The summed E-state index contributed by atoms with van der Waals surface area (Å²) in [7, 11) is 1.76. The molecule has 0 fully saturated rings. The average molecular weight is 436 g/mol. The molecule has 2 aromatic carbocycles. The van der Waals surface area contributed by atoms with Crippen LogP contribution in [0.4, 0.5) is 11.4 Å². The minimum absolute atomic E-state index is 0.0620. The third kappa shape index (κ3) is 5.04. The lowest BCUT2D eigenvalue weighted by atomic mass is 10.0. The molecule has 0 saturated heterocycles. The third-order valence-electron chi connectivity index (χ3n) is 5.72. The summed E-state index contributed by atoms with van der Waals surface area (Å²) in [6.45, 7) is 2.53. The van der Waals surface area contributed by atoms with Crippen LogP contribution in [0.3, 0.4) is 0 Å². The average Bonchev–Trinajstić information content (AvgIpc) is 3.06. The topological polar surface area (TPSA) is 83.8 Å². The summed E-state index contributed by atoms with van der Waals surface area (Å²) in [5.74, 6) is -0.682. The van der Waals surface area contributed by atoms with Gasteiger partial charge in [-0.3, -0.25) is 24.6 Å². The quantitative estimate of drug-likeness (QED) is 0.210. The Hall–Kier alpha value is -3.48. The number of para-hydroxylation sites is 1. The van der Waals surface area contributed by atoms with Crippen molar-refractivity contribution < 1.29 is 14.5 Å². The number of non-ortho nitro benzene ring substituents is 1. The van der Waals surface area contributed by atoms with Crippen LogP contribution in [0.15, 0.2) is 60.3 Å². The van der Waals surface area contributed by atoms with Crippen molar-refractivity contribution in [2.24, 2.45) is 0 Å². The molecule has 2 aromatic rings. The number of likely N-dealkylation sites (N-methyl/N-ethyl adjacent to an activating group) is 1. The largest absolute Gasteiger partial charge is 0.339 e. The number of imide groups is 1. The predicted octanol–water partition coefficient (Wildman–Crippen LogP) is 5.17. The molecule has 3 rings (SSSR count). The number of carbonyl (C=O) groups excluding carboxylic acids is 2. The van der Waals surface area contributed by atoms with E-state index in [2.05, 4.69) is 6.92 Å². The highest BCUT2D eigenvalue weighted by molar-refractivity contribution is 6.36. The maximum atomic E-state index is 13.4. The first-order chi connectivity index (χ1) is 15.5. The zero-order valence-corrected chi connectivity index (χ0v) is 18.6. The lowest BCUT2D eigenvalue weighted by Crippen LogP contribution is -2.35. The Bertz CT molecular complexity index is 1000. The molecule has 0 N–H and O–H groups in total. The zero-order chi connectivity index (χ0) is 23.1. The number of nitro groups is 1. The number of benzene rings is 2. The standard InChI is InChI=1S/C25H29N3O4/c1-3-4-5-6-7-11-18-27-24(29)22(19-14-16-21(17-15-19)28(31)32)23(25(27)30)26(2)20-12-9-8-10-13-20/h8-10,12-17H,3-7,11,18H2,1-2H3. The van der Waals surface area contributed by atoms with Crippen LogP contribution in [0.2, 0.25) is 0 Å². The number of unbranched alkanes of at least 4 members (excludes halogenated alkanes) is 5. The van der Waals surface area contributed by atoms with Gasteiger partial charge in [0.15, 0.2) is 0 Å². The molecule has 0 bridgehead atoms. The van der Waals surface area contributed by atoms with Crippen LogP contribution in [0.25, 0.3) is 5.57 Å². The second-order valence-electron chi connectivity index (χ2n) is 7.95. The molecule has 0 saturated carbocycles. The Morgan fingerprint density at radius 1 is 0.875 bits per heavy atom. The Balaban J connectivity index is 1.89. The normalized spacial score (nSPS) is 13.8. The molecule has 0 aliphatic carbocycles. The van der Waals surface area contributed by atoms with Crippen molar-refractivity contribution in [1.29, 1.82) is 0 Å². The number of nitrogens with zero attached hydrogens (tertiary/aromatic N) is 3. The van der Waals surface area contributed by atoms with Gasteiger partial charge in [-0.2, -0.15) is 0 Å². The third-order valence-corrected chi connectivity index (χ3v) is 5.72. The highest BCUT2D eigenvalue weighted by Gasteiger charge is 2.40. The predicted molar refractivity (Wildman–Crippen MR) is 125 cm³/mol. The first-order valence-electron chi connectivity index (χ1n) is 11.1. The van der Waals surface area contributed by atoms with Crippen LogP contribution in [0.5, 0.6) is 0 Å². The Labute approximate surface area is 188 Å². The summed E-state index contributed by atoms with van der Waals surface area (Å²) < 4.78 is 0. The van der Waals surface area contributed by atoms with E-state index in [-0.39, 0.29) is 23.1 Å². The molecule has 0 unspecified atom stereocenters. The van der Waals surface area contributed by atoms with E-state index < -0.39 is 4.92 Å². The van der Waals surface area contributed by atoms with Crippen LogP contribution < -0.4 is 4.90 Å². The number of carbonyl (C=O) groups is 2. The van der Waals surface area contributed by atoms with Crippen LogP contribution in [0, 0.1) is 10.1 Å². The molecule has 0 atom stereocenters. The second kappa shape index (κ2) is 10.7. The summed E-state index contributed by atoms with van der Waals surface area (Å²) >= 11 is 0. The molecule has 32 heavy (non-hydrogen) atoms. The molecule has 7 nitrogen and oxygen atoms in total. The summed E-state index contributed by atoms with van der Waals surface area (Å²) in [5, 5.41) is 11.0.